The molecule has 0 amide bonds. The second-order valence-electron chi connectivity index (χ2n) is 14.1. The molecule has 6 unspecified atom stereocenters. The molecular weight excluding hydrogens is 536 g/mol. The Labute approximate surface area is 252 Å². The van der Waals surface area contributed by atoms with E-state index < -0.39 is 23.0 Å². The lowest BCUT2D eigenvalue weighted by molar-refractivity contribution is -0.149. The average Bonchev–Trinajstić information content (AvgIpc) is 2.86. The van der Waals surface area contributed by atoms with Gasteiger partial charge in [0.25, 0.3) is 0 Å². The summed E-state index contributed by atoms with van der Waals surface area (Å²) in [6.07, 6.45) is 11.1. The largest absolute Gasteiger partial charge is 0.463 e. The molecule has 8 heteroatoms. The molecule has 0 spiro atoms. The smallest absolute Gasteiger partial charge is 0.313 e. The van der Waals surface area contributed by atoms with Crippen molar-refractivity contribution in [1.82, 2.24) is 0 Å². The normalized spacial score (nSPS) is 27.6. The van der Waals surface area contributed by atoms with Crippen LogP contribution in [0, 0.1) is 34.5 Å². The van der Waals surface area contributed by atoms with Crippen molar-refractivity contribution in [2.45, 2.75) is 80.4 Å². The molecule has 0 radical (unpaired) electrons. The SMILES string of the molecule is CC(C(=O)OCCOCCOCCOC(=O)C(C)C1=CC(C(C)(C)C)C(C)(O)C=C1)C1=CC(C(C)(C)C)C(C)(O)C=C1. The third-order valence-corrected chi connectivity index (χ3v) is 8.09. The summed E-state index contributed by atoms with van der Waals surface area (Å²) < 4.78 is 21.8. The maximum absolute atomic E-state index is 12.6. The Balaban J connectivity index is 1.62. The van der Waals surface area contributed by atoms with E-state index in [4.69, 9.17) is 18.9 Å². The molecule has 0 saturated carbocycles. The predicted octanol–water partition coefficient (Wildman–Crippen LogP) is 5.20. The summed E-state index contributed by atoms with van der Waals surface area (Å²) in [6.45, 7) is 21.0. The van der Waals surface area contributed by atoms with Gasteiger partial charge in [0.15, 0.2) is 0 Å². The molecule has 2 N–H and O–H groups in total. The van der Waals surface area contributed by atoms with Crippen LogP contribution in [-0.4, -0.2) is 73.0 Å². The second kappa shape index (κ2) is 14.5. The molecule has 0 fully saturated rings. The van der Waals surface area contributed by atoms with Gasteiger partial charge in [-0.2, -0.15) is 0 Å². The van der Waals surface area contributed by atoms with Crippen LogP contribution >= 0.6 is 0 Å². The first kappa shape index (κ1) is 35.9. The highest BCUT2D eigenvalue weighted by atomic mass is 16.6. The van der Waals surface area contributed by atoms with E-state index in [0.29, 0.717) is 13.2 Å². The van der Waals surface area contributed by atoms with Crippen molar-refractivity contribution in [3.05, 3.63) is 47.6 Å². The highest BCUT2D eigenvalue weighted by Gasteiger charge is 2.41. The van der Waals surface area contributed by atoms with Gasteiger partial charge < -0.3 is 29.2 Å². The lowest BCUT2D eigenvalue weighted by Gasteiger charge is -2.41. The zero-order valence-electron chi connectivity index (χ0n) is 27.4. The second-order valence-corrected chi connectivity index (χ2v) is 14.1. The Bertz CT molecular complexity index is 964. The van der Waals surface area contributed by atoms with E-state index in [1.54, 1.807) is 52.0 Å². The van der Waals surface area contributed by atoms with Gasteiger partial charge in [0.2, 0.25) is 0 Å². The summed E-state index contributed by atoms with van der Waals surface area (Å²) in [4.78, 5) is 25.1. The first-order valence-corrected chi connectivity index (χ1v) is 15.0. The molecule has 0 aromatic heterocycles. The van der Waals surface area contributed by atoms with Gasteiger partial charge in [-0.3, -0.25) is 9.59 Å². The number of hydrogen-bond acceptors (Lipinski definition) is 8. The molecule has 0 aliphatic heterocycles. The third-order valence-electron chi connectivity index (χ3n) is 8.09. The zero-order chi connectivity index (χ0) is 31.9. The Morgan fingerprint density at radius 1 is 0.690 bits per heavy atom. The van der Waals surface area contributed by atoms with Gasteiger partial charge in [-0.15, -0.1) is 0 Å². The summed E-state index contributed by atoms with van der Waals surface area (Å²) in [7, 11) is 0. The van der Waals surface area contributed by atoms with Gasteiger partial charge in [0, 0.05) is 11.8 Å². The zero-order valence-corrected chi connectivity index (χ0v) is 27.4. The molecule has 0 aromatic rings. The van der Waals surface area contributed by atoms with Crippen molar-refractivity contribution in [3.8, 4) is 0 Å². The molecule has 6 atom stereocenters. The molecule has 0 saturated heterocycles. The van der Waals surface area contributed by atoms with E-state index in [2.05, 4.69) is 41.5 Å². The first-order valence-electron chi connectivity index (χ1n) is 15.0. The predicted molar refractivity (Wildman–Crippen MR) is 163 cm³/mol. The highest BCUT2D eigenvalue weighted by molar-refractivity contribution is 5.77. The van der Waals surface area contributed by atoms with E-state index in [9.17, 15) is 19.8 Å². The van der Waals surface area contributed by atoms with Crippen LogP contribution in [0.1, 0.15) is 69.2 Å². The van der Waals surface area contributed by atoms with Crippen LogP contribution in [0.4, 0.5) is 0 Å². The van der Waals surface area contributed by atoms with Crippen LogP contribution in [-0.2, 0) is 28.5 Å². The van der Waals surface area contributed by atoms with Crippen molar-refractivity contribution in [2.24, 2.45) is 34.5 Å². The summed E-state index contributed by atoms with van der Waals surface area (Å²) in [5.74, 6) is -1.82. The van der Waals surface area contributed by atoms with Crippen molar-refractivity contribution >= 4 is 11.9 Å². The minimum absolute atomic E-state index is 0.123. The summed E-state index contributed by atoms with van der Waals surface area (Å²) in [6, 6.07) is 0. The van der Waals surface area contributed by atoms with Gasteiger partial charge in [-0.25, -0.2) is 0 Å². The van der Waals surface area contributed by atoms with Crippen molar-refractivity contribution in [3.63, 3.8) is 0 Å². The molecule has 2 aliphatic carbocycles. The van der Waals surface area contributed by atoms with Crippen LogP contribution in [0.25, 0.3) is 0 Å². The van der Waals surface area contributed by atoms with Crippen molar-refractivity contribution in [2.75, 3.05) is 39.6 Å². The van der Waals surface area contributed by atoms with Gasteiger partial charge in [0.05, 0.1) is 49.5 Å². The number of allylic oxidation sites excluding steroid dienone is 2. The van der Waals surface area contributed by atoms with Crippen LogP contribution in [0.5, 0.6) is 0 Å². The van der Waals surface area contributed by atoms with E-state index in [1.807, 2.05) is 12.2 Å². The van der Waals surface area contributed by atoms with E-state index >= 15 is 0 Å². The van der Waals surface area contributed by atoms with Gasteiger partial charge in [0.1, 0.15) is 13.2 Å². The summed E-state index contributed by atoms with van der Waals surface area (Å²) >= 11 is 0. The number of carbonyl (C=O) groups excluding carboxylic acids is 2. The number of esters is 2. The lowest BCUT2D eigenvalue weighted by atomic mass is 9.67. The van der Waals surface area contributed by atoms with Crippen LogP contribution in [0.2, 0.25) is 0 Å². The van der Waals surface area contributed by atoms with Crippen molar-refractivity contribution < 1.29 is 38.7 Å². The van der Waals surface area contributed by atoms with Crippen molar-refractivity contribution in [1.29, 1.82) is 0 Å². The third kappa shape index (κ3) is 10.2. The summed E-state index contributed by atoms with van der Waals surface area (Å²) in [5.41, 5.74) is -0.583. The molecule has 0 aromatic carbocycles. The van der Waals surface area contributed by atoms with E-state index in [1.165, 1.54) is 0 Å². The van der Waals surface area contributed by atoms with Gasteiger partial charge >= 0.3 is 11.9 Å². The monoisotopic (exact) mass is 590 g/mol. The molecule has 2 aliphatic rings. The average molecular weight is 591 g/mol. The van der Waals surface area contributed by atoms with Crippen LogP contribution < -0.4 is 0 Å². The molecular formula is C34H54O8. The first-order chi connectivity index (χ1) is 19.3. The maximum atomic E-state index is 12.6. The Morgan fingerprint density at radius 3 is 1.31 bits per heavy atom. The molecule has 42 heavy (non-hydrogen) atoms. The minimum Gasteiger partial charge on any atom is -0.463 e. The molecule has 2 rings (SSSR count). The Hall–Kier alpha value is -2.26. The fourth-order valence-electron chi connectivity index (χ4n) is 5.65. The van der Waals surface area contributed by atoms with Gasteiger partial charge in [-0.1, -0.05) is 78.0 Å². The number of carbonyl (C=O) groups is 2. The summed E-state index contributed by atoms with van der Waals surface area (Å²) in [5, 5.41) is 21.5. The number of hydrogen-bond donors (Lipinski definition) is 2. The quantitative estimate of drug-likeness (QED) is 0.223. The lowest BCUT2D eigenvalue weighted by Crippen LogP contribution is -2.41. The van der Waals surface area contributed by atoms with Gasteiger partial charge in [-0.05, 0) is 49.7 Å². The molecule has 0 bridgehead atoms. The Kier molecular flexibility index (Phi) is 12.4. The topological polar surface area (TPSA) is 112 Å². The molecule has 8 nitrogen and oxygen atoms in total. The maximum Gasteiger partial charge on any atom is 0.313 e. The van der Waals surface area contributed by atoms with Crippen LogP contribution in [0.3, 0.4) is 0 Å². The van der Waals surface area contributed by atoms with E-state index in [-0.39, 0.29) is 61.0 Å². The highest BCUT2D eigenvalue weighted by Crippen LogP contribution is 2.42. The van der Waals surface area contributed by atoms with E-state index in [0.717, 1.165) is 11.1 Å². The molecule has 238 valence electrons. The number of rotatable bonds is 13. The standard InChI is InChI=1S/C34H54O8/c1-23(25-11-13-33(9,37)27(21-25)31(3,4)5)29(35)41-19-17-39-15-16-40-18-20-42-30(36)24(2)26-12-14-34(10,38)28(22-26)32(6,7)8/h11-14,21-24,27-28,37-38H,15-20H2,1-10H3. The minimum atomic E-state index is -0.966. The van der Waals surface area contributed by atoms with Crippen LogP contribution in [0.15, 0.2) is 47.6 Å². The number of ether oxygens (including phenoxy) is 4. The fourth-order valence-corrected chi connectivity index (χ4v) is 5.65. The Morgan fingerprint density at radius 2 is 1.00 bits per heavy atom. The fraction of sp³-hybridized carbons (Fsp3) is 0.706. The number of aliphatic hydroxyl groups is 2. The molecule has 0 heterocycles.